The van der Waals surface area contributed by atoms with Crippen molar-refractivity contribution < 1.29 is 13.9 Å². The Morgan fingerprint density at radius 3 is 2.70 bits per heavy atom. The van der Waals surface area contributed by atoms with Crippen LogP contribution in [0.3, 0.4) is 0 Å². The first-order valence-electron chi connectivity index (χ1n) is 10.2. The molecule has 7 nitrogen and oxygen atoms in total. The van der Waals surface area contributed by atoms with E-state index >= 15 is 0 Å². The van der Waals surface area contributed by atoms with E-state index in [1.165, 1.54) is 0 Å². The fraction of sp³-hybridized carbons (Fsp3) is 0.304. The Labute approximate surface area is 176 Å². The predicted molar refractivity (Wildman–Crippen MR) is 116 cm³/mol. The van der Waals surface area contributed by atoms with Gasteiger partial charge in [-0.1, -0.05) is 18.2 Å². The molecule has 4 rings (SSSR count). The van der Waals surface area contributed by atoms with Gasteiger partial charge in [-0.25, -0.2) is 4.98 Å². The van der Waals surface area contributed by atoms with E-state index in [1.54, 1.807) is 12.5 Å². The third-order valence-corrected chi connectivity index (χ3v) is 5.02. The lowest BCUT2D eigenvalue weighted by atomic mass is 10.3. The van der Waals surface area contributed by atoms with Gasteiger partial charge in [0.1, 0.15) is 17.3 Å². The minimum Gasteiger partial charge on any atom is -0.484 e. The Bertz CT molecular complexity index is 913. The number of amides is 1. The lowest BCUT2D eigenvalue weighted by Gasteiger charge is -2.22. The number of ether oxygens (including phenoxy) is 1. The highest BCUT2D eigenvalue weighted by atomic mass is 16.5. The largest absolute Gasteiger partial charge is 0.484 e. The van der Waals surface area contributed by atoms with E-state index in [2.05, 4.69) is 20.1 Å². The molecule has 7 heteroatoms. The van der Waals surface area contributed by atoms with Gasteiger partial charge in [-0.15, -0.1) is 0 Å². The van der Waals surface area contributed by atoms with Crippen LogP contribution >= 0.6 is 0 Å². The summed E-state index contributed by atoms with van der Waals surface area (Å²) in [5.41, 5.74) is 0.662. The van der Waals surface area contributed by atoms with Gasteiger partial charge in [0.2, 0.25) is 0 Å². The highest BCUT2D eigenvalue weighted by Gasteiger charge is 2.17. The van der Waals surface area contributed by atoms with Crippen LogP contribution in [0.1, 0.15) is 12.2 Å². The SMILES string of the molecule is O=C(COc1ccccc1)Nc1ccc(N2CCCN(Cc3ccco3)CC2)nc1. The summed E-state index contributed by atoms with van der Waals surface area (Å²) in [5.74, 6) is 2.38. The molecular formula is C23H26N4O3. The molecule has 1 N–H and O–H groups in total. The third-order valence-electron chi connectivity index (χ3n) is 5.02. The molecule has 156 valence electrons. The monoisotopic (exact) mass is 406 g/mol. The van der Waals surface area contributed by atoms with Crippen LogP contribution in [0.4, 0.5) is 11.5 Å². The Hall–Kier alpha value is -3.32. The van der Waals surface area contributed by atoms with Crippen molar-refractivity contribution in [2.24, 2.45) is 0 Å². The van der Waals surface area contributed by atoms with Crippen LogP contribution < -0.4 is 15.0 Å². The normalized spacial score (nSPS) is 14.9. The highest BCUT2D eigenvalue weighted by molar-refractivity contribution is 5.91. The van der Waals surface area contributed by atoms with Gasteiger partial charge in [-0.05, 0) is 42.8 Å². The van der Waals surface area contributed by atoms with Crippen LogP contribution in [-0.4, -0.2) is 48.6 Å². The first-order valence-corrected chi connectivity index (χ1v) is 10.2. The second kappa shape index (κ2) is 9.93. The number of carbonyl (C=O) groups is 1. The first kappa shape index (κ1) is 20.0. The first-order chi connectivity index (χ1) is 14.8. The second-order valence-electron chi connectivity index (χ2n) is 7.25. The van der Waals surface area contributed by atoms with Crippen LogP contribution in [0, 0.1) is 0 Å². The van der Waals surface area contributed by atoms with Crippen molar-refractivity contribution in [3.05, 3.63) is 72.8 Å². The van der Waals surface area contributed by atoms with E-state index in [-0.39, 0.29) is 12.5 Å². The number of anilines is 2. The topological polar surface area (TPSA) is 70.8 Å². The summed E-state index contributed by atoms with van der Waals surface area (Å²) < 4.78 is 10.9. The molecule has 0 saturated carbocycles. The number of nitrogens with one attached hydrogen (secondary N) is 1. The van der Waals surface area contributed by atoms with Crippen LogP contribution in [0.25, 0.3) is 0 Å². The van der Waals surface area contributed by atoms with Gasteiger partial charge in [0.25, 0.3) is 5.91 Å². The van der Waals surface area contributed by atoms with Gasteiger partial charge in [0.05, 0.1) is 24.7 Å². The molecule has 0 unspecified atom stereocenters. The predicted octanol–water partition coefficient (Wildman–Crippen LogP) is 3.40. The van der Waals surface area contributed by atoms with E-state index in [9.17, 15) is 4.79 Å². The molecule has 1 fully saturated rings. The van der Waals surface area contributed by atoms with Crippen LogP contribution in [-0.2, 0) is 11.3 Å². The number of benzene rings is 1. The maximum absolute atomic E-state index is 12.1. The molecule has 1 aromatic carbocycles. The van der Waals surface area contributed by atoms with Crippen LogP contribution in [0.5, 0.6) is 5.75 Å². The number of para-hydroxylation sites is 1. The third kappa shape index (κ3) is 5.61. The van der Waals surface area contributed by atoms with Gasteiger partial charge in [-0.2, -0.15) is 0 Å². The quantitative estimate of drug-likeness (QED) is 0.648. The molecule has 0 radical (unpaired) electrons. The number of hydrogen-bond donors (Lipinski definition) is 1. The zero-order valence-electron chi connectivity index (χ0n) is 16.9. The molecule has 0 aliphatic carbocycles. The minimum absolute atomic E-state index is 0.0383. The lowest BCUT2D eigenvalue weighted by Crippen LogP contribution is -2.30. The van der Waals surface area contributed by atoms with Crippen molar-refractivity contribution in [3.8, 4) is 5.75 Å². The summed E-state index contributed by atoms with van der Waals surface area (Å²) >= 11 is 0. The Kier molecular flexibility index (Phi) is 6.61. The maximum atomic E-state index is 12.1. The van der Waals surface area contributed by atoms with Gasteiger partial charge in [-0.3, -0.25) is 9.69 Å². The molecule has 2 aromatic heterocycles. The van der Waals surface area contributed by atoms with E-state index in [0.29, 0.717) is 11.4 Å². The van der Waals surface area contributed by atoms with Crippen LogP contribution in [0.15, 0.2) is 71.5 Å². The van der Waals surface area contributed by atoms with Crippen molar-refractivity contribution in [1.29, 1.82) is 0 Å². The van der Waals surface area contributed by atoms with Gasteiger partial charge >= 0.3 is 0 Å². The fourth-order valence-electron chi connectivity index (χ4n) is 3.49. The Balaban J connectivity index is 1.26. The van der Waals surface area contributed by atoms with Crippen molar-refractivity contribution in [2.45, 2.75) is 13.0 Å². The van der Waals surface area contributed by atoms with Crippen molar-refractivity contribution >= 4 is 17.4 Å². The number of pyridine rings is 1. The smallest absolute Gasteiger partial charge is 0.262 e. The number of aromatic nitrogens is 1. The molecule has 30 heavy (non-hydrogen) atoms. The zero-order chi connectivity index (χ0) is 20.6. The summed E-state index contributed by atoms with van der Waals surface area (Å²) in [6, 6.07) is 17.1. The number of furan rings is 1. The average molecular weight is 406 g/mol. The molecular weight excluding hydrogens is 380 g/mol. The summed E-state index contributed by atoms with van der Waals surface area (Å²) in [6.07, 6.45) is 4.48. The molecule has 0 spiro atoms. The van der Waals surface area contributed by atoms with Crippen molar-refractivity contribution in [1.82, 2.24) is 9.88 Å². The molecule has 0 bridgehead atoms. The van der Waals surface area contributed by atoms with E-state index in [0.717, 1.165) is 50.7 Å². The van der Waals surface area contributed by atoms with Gasteiger partial charge in [0, 0.05) is 26.2 Å². The van der Waals surface area contributed by atoms with E-state index in [4.69, 9.17) is 9.15 Å². The molecule has 1 saturated heterocycles. The average Bonchev–Trinajstić information content (AvgIpc) is 3.18. The molecule has 1 aliphatic heterocycles. The number of hydrogen-bond acceptors (Lipinski definition) is 6. The van der Waals surface area contributed by atoms with Crippen molar-refractivity contribution in [2.75, 3.05) is 43.0 Å². The standard InChI is InChI=1S/C23H26N4O3/c28-23(18-30-20-6-2-1-3-7-20)25-19-9-10-22(24-16-19)27-12-5-11-26(13-14-27)17-21-8-4-15-29-21/h1-4,6-10,15-16H,5,11-14,17-18H2,(H,25,28). The van der Waals surface area contributed by atoms with E-state index in [1.807, 2.05) is 54.6 Å². The summed E-state index contributed by atoms with van der Waals surface area (Å²) in [7, 11) is 0. The highest BCUT2D eigenvalue weighted by Crippen LogP contribution is 2.17. The summed E-state index contributed by atoms with van der Waals surface area (Å²) in [6.45, 7) is 4.65. The fourth-order valence-corrected chi connectivity index (χ4v) is 3.49. The van der Waals surface area contributed by atoms with Crippen molar-refractivity contribution in [3.63, 3.8) is 0 Å². The van der Waals surface area contributed by atoms with Gasteiger partial charge in [0.15, 0.2) is 6.61 Å². The summed E-state index contributed by atoms with van der Waals surface area (Å²) in [4.78, 5) is 21.3. The van der Waals surface area contributed by atoms with Crippen LogP contribution in [0.2, 0.25) is 0 Å². The number of rotatable bonds is 7. The minimum atomic E-state index is -0.211. The van der Waals surface area contributed by atoms with E-state index < -0.39 is 0 Å². The molecule has 1 aliphatic rings. The summed E-state index contributed by atoms with van der Waals surface area (Å²) in [5, 5.41) is 2.82. The van der Waals surface area contributed by atoms with Gasteiger partial charge < -0.3 is 19.4 Å². The number of carbonyl (C=O) groups excluding carboxylic acids is 1. The molecule has 0 atom stereocenters. The molecule has 3 heterocycles. The second-order valence-corrected chi connectivity index (χ2v) is 7.25. The zero-order valence-corrected chi connectivity index (χ0v) is 16.9. The molecule has 1 amide bonds. The number of nitrogens with zero attached hydrogens (tertiary/aromatic N) is 3. The Morgan fingerprint density at radius 1 is 1.03 bits per heavy atom. The maximum Gasteiger partial charge on any atom is 0.262 e. The Morgan fingerprint density at radius 2 is 1.93 bits per heavy atom. The molecule has 3 aromatic rings. The lowest BCUT2D eigenvalue weighted by molar-refractivity contribution is -0.118.